The molecule has 0 saturated carbocycles. The van der Waals surface area contributed by atoms with Gasteiger partial charge in [-0.3, -0.25) is 4.79 Å². The Bertz CT molecular complexity index is 899. The lowest BCUT2D eigenvalue weighted by Crippen LogP contribution is -2.08. The number of halogens is 1. The first kappa shape index (κ1) is 17.5. The maximum atomic E-state index is 12.5. The van der Waals surface area contributed by atoms with Gasteiger partial charge < -0.3 is 20.5 Å². The fourth-order valence-corrected chi connectivity index (χ4v) is 4.27. The van der Waals surface area contributed by atoms with E-state index in [9.17, 15) is 15.0 Å². The van der Waals surface area contributed by atoms with Crippen molar-refractivity contribution in [2.75, 3.05) is 5.32 Å². The van der Waals surface area contributed by atoms with Gasteiger partial charge >= 0.3 is 0 Å². The molecule has 0 unspecified atom stereocenters. The van der Waals surface area contributed by atoms with Gasteiger partial charge in [-0.25, -0.2) is 0 Å². The van der Waals surface area contributed by atoms with Crippen LogP contribution in [0.4, 0.5) is 5.69 Å². The number of H-pyrrole nitrogens is 1. The molecule has 0 fully saturated rings. The van der Waals surface area contributed by atoms with Crippen molar-refractivity contribution in [1.29, 1.82) is 0 Å². The van der Waals surface area contributed by atoms with Gasteiger partial charge in [0, 0.05) is 33.5 Å². The Morgan fingerprint density at radius 3 is 2.85 bits per heavy atom. The van der Waals surface area contributed by atoms with Gasteiger partial charge in [0.05, 0.1) is 5.57 Å². The molecule has 1 aliphatic carbocycles. The summed E-state index contributed by atoms with van der Waals surface area (Å²) in [5.41, 5.74) is 6.85. The number of rotatable bonds is 4. The van der Waals surface area contributed by atoms with Crippen LogP contribution in [0.3, 0.4) is 0 Å². The lowest BCUT2D eigenvalue weighted by atomic mass is 9.92. The molecule has 0 atom stereocenters. The highest BCUT2D eigenvalue weighted by atomic mass is 79.9. The van der Waals surface area contributed by atoms with Crippen LogP contribution in [-0.4, -0.2) is 27.4 Å². The van der Waals surface area contributed by atoms with Gasteiger partial charge in [0.15, 0.2) is 6.29 Å². The van der Waals surface area contributed by atoms with E-state index in [1.807, 2.05) is 24.3 Å². The minimum absolute atomic E-state index is 0.112. The lowest BCUT2D eigenvalue weighted by molar-refractivity contribution is -0.110. The number of amides is 1. The van der Waals surface area contributed by atoms with Gasteiger partial charge in [0.25, 0.3) is 5.91 Å². The summed E-state index contributed by atoms with van der Waals surface area (Å²) in [7, 11) is 0. The molecule has 1 amide bonds. The maximum absolute atomic E-state index is 12.5. The second-order valence-corrected chi connectivity index (χ2v) is 7.82. The molecule has 4 N–H and O–H groups in total. The normalized spacial score (nSPS) is 17.5. The molecule has 0 saturated heterocycles. The molecular weight excluding hydrogens is 396 g/mol. The monoisotopic (exact) mass is 416 g/mol. The third-order valence-corrected chi connectivity index (χ3v) is 5.64. The fourth-order valence-electron chi connectivity index (χ4n) is 3.91. The van der Waals surface area contributed by atoms with Crippen LogP contribution < -0.4 is 5.32 Å². The highest BCUT2D eigenvalue weighted by Gasteiger charge is 2.26. The van der Waals surface area contributed by atoms with Crippen molar-refractivity contribution in [1.82, 2.24) is 4.98 Å². The van der Waals surface area contributed by atoms with E-state index < -0.39 is 6.29 Å². The highest BCUT2D eigenvalue weighted by molar-refractivity contribution is 9.10. The van der Waals surface area contributed by atoms with Crippen LogP contribution in [0.15, 0.2) is 22.7 Å². The van der Waals surface area contributed by atoms with E-state index in [0.717, 1.165) is 52.7 Å². The third kappa shape index (κ3) is 3.24. The van der Waals surface area contributed by atoms with Gasteiger partial charge in [0.2, 0.25) is 0 Å². The number of anilines is 1. The molecular formula is C20H21BrN2O3. The molecule has 2 aromatic rings. The Morgan fingerprint density at radius 1 is 1.23 bits per heavy atom. The summed E-state index contributed by atoms with van der Waals surface area (Å²) in [5.74, 6) is -0.112. The number of aromatic nitrogens is 1. The number of aryl methyl sites for hydroxylation is 1. The second-order valence-electron chi connectivity index (χ2n) is 6.90. The molecule has 0 radical (unpaired) electrons. The van der Waals surface area contributed by atoms with Crippen molar-refractivity contribution in [3.05, 3.63) is 50.8 Å². The molecule has 4 rings (SSSR count). The van der Waals surface area contributed by atoms with E-state index in [1.54, 1.807) is 0 Å². The number of hydrogen-bond acceptors (Lipinski definition) is 3. The number of carbonyl (C=O) groups is 1. The average molecular weight is 417 g/mol. The van der Waals surface area contributed by atoms with Crippen molar-refractivity contribution in [2.45, 2.75) is 44.8 Å². The van der Waals surface area contributed by atoms with Gasteiger partial charge in [-0.05, 0) is 67.5 Å². The first-order chi connectivity index (χ1) is 12.5. The highest BCUT2D eigenvalue weighted by Crippen LogP contribution is 2.37. The number of nitrogens with one attached hydrogen (secondary N) is 2. The van der Waals surface area contributed by atoms with Crippen LogP contribution in [0, 0.1) is 0 Å². The van der Waals surface area contributed by atoms with Crippen molar-refractivity contribution in [3.63, 3.8) is 0 Å². The predicted octanol–water partition coefficient (Wildman–Crippen LogP) is 3.39. The molecule has 136 valence electrons. The SMILES string of the molecule is O=C1Nc2ccc(Br)cc2/C1=C/c1[nH]c2c(c1CCC(O)O)CCCC2. The third-order valence-electron chi connectivity index (χ3n) is 5.15. The lowest BCUT2D eigenvalue weighted by Gasteiger charge is -2.13. The molecule has 2 aliphatic rings. The minimum Gasteiger partial charge on any atom is -0.368 e. The summed E-state index contributed by atoms with van der Waals surface area (Å²) in [6, 6.07) is 5.74. The number of aromatic amines is 1. The zero-order valence-electron chi connectivity index (χ0n) is 14.3. The standard InChI is InChI=1S/C20H21BrN2O3/c21-11-5-7-17-14(9-11)15(20(26)23-17)10-18-13(6-8-19(24)25)12-3-1-2-4-16(12)22-18/h5,7,9-10,19,22,24-25H,1-4,6,8H2,(H,23,26)/b15-10-. The molecule has 1 aliphatic heterocycles. The van der Waals surface area contributed by atoms with Gasteiger partial charge in [-0.2, -0.15) is 0 Å². The smallest absolute Gasteiger partial charge is 0.256 e. The summed E-state index contributed by atoms with van der Waals surface area (Å²) < 4.78 is 0.924. The fraction of sp³-hybridized carbons (Fsp3) is 0.350. The Balaban J connectivity index is 1.78. The number of benzene rings is 1. The summed E-state index contributed by atoms with van der Waals surface area (Å²) in [6.45, 7) is 0. The molecule has 26 heavy (non-hydrogen) atoms. The van der Waals surface area contributed by atoms with E-state index in [2.05, 4.69) is 26.2 Å². The van der Waals surface area contributed by atoms with Crippen LogP contribution in [0.2, 0.25) is 0 Å². The van der Waals surface area contributed by atoms with Crippen LogP contribution >= 0.6 is 15.9 Å². The average Bonchev–Trinajstić information content (AvgIpc) is 3.11. The summed E-state index contributed by atoms with van der Waals surface area (Å²) in [5, 5.41) is 21.5. The van der Waals surface area contributed by atoms with Crippen molar-refractivity contribution in [2.24, 2.45) is 0 Å². The largest absolute Gasteiger partial charge is 0.368 e. The summed E-state index contributed by atoms with van der Waals surface area (Å²) in [6.07, 6.45) is 5.75. The van der Waals surface area contributed by atoms with Crippen LogP contribution in [0.25, 0.3) is 11.6 Å². The molecule has 1 aromatic heterocycles. The number of aliphatic hydroxyl groups excluding tert-OH is 1. The number of carbonyl (C=O) groups excluding carboxylic acids is 1. The van der Waals surface area contributed by atoms with Crippen LogP contribution in [0.5, 0.6) is 0 Å². The van der Waals surface area contributed by atoms with E-state index in [1.165, 1.54) is 11.3 Å². The van der Waals surface area contributed by atoms with Crippen molar-refractivity contribution >= 4 is 39.2 Å². The Morgan fingerprint density at radius 2 is 2.04 bits per heavy atom. The zero-order valence-corrected chi connectivity index (χ0v) is 15.9. The van der Waals surface area contributed by atoms with Crippen LogP contribution in [0.1, 0.15) is 47.3 Å². The zero-order chi connectivity index (χ0) is 18.3. The predicted molar refractivity (Wildman–Crippen MR) is 105 cm³/mol. The Hall–Kier alpha value is -1.89. The molecule has 0 bridgehead atoms. The molecule has 6 heteroatoms. The molecule has 0 spiro atoms. The van der Waals surface area contributed by atoms with Gasteiger partial charge in [0.1, 0.15) is 0 Å². The second kappa shape index (κ2) is 7.02. The number of aliphatic hydroxyl groups is 2. The quantitative estimate of drug-likeness (QED) is 0.455. The topological polar surface area (TPSA) is 85.4 Å². The maximum Gasteiger partial charge on any atom is 0.256 e. The molecule has 5 nitrogen and oxygen atoms in total. The van der Waals surface area contributed by atoms with E-state index >= 15 is 0 Å². The number of fused-ring (bicyclic) bond motifs is 2. The van der Waals surface area contributed by atoms with Gasteiger partial charge in [-0.1, -0.05) is 15.9 Å². The van der Waals surface area contributed by atoms with Gasteiger partial charge in [-0.15, -0.1) is 0 Å². The van der Waals surface area contributed by atoms with Crippen molar-refractivity contribution in [3.8, 4) is 0 Å². The Kier molecular flexibility index (Phi) is 4.73. The molecule has 1 aromatic carbocycles. The Labute approximate surface area is 160 Å². The summed E-state index contributed by atoms with van der Waals surface area (Å²) in [4.78, 5) is 16.0. The summed E-state index contributed by atoms with van der Waals surface area (Å²) >= 11 is 3.47. The number of hydrogen-bond donors (Lipinski definition) is 4. The van der Waals surface area contributed by atoms with E-state index in [4.69, 9.17) is 0 Å². The van der Waals surface area contributed by atoms with E-state index in [0.29, 0.717) is 12.0 Å². The first-order valence-electron chi connectivity index (χ1n) is 8.94. The first-order valence-corrected chi connectivity index (χ1v) is 9.74. The minimum atomic E-state index is -1.32. The van der Waals surface area contributed by atoms with Crippen molar-refractivity contribution < 1.29 is 15.0 Å². The van der Waals surface area contributed by atoms with E-state index in [-0.39, 0.29) is 12.3 Å². The molecule has 2 heterocycles. The van der Waals surface area contributed by atoms with Crippen LogP contribution in [-0.2, 0) is 24.1 Å².